The summed E-state index contributed by atoms with van der Waals surface area (Å²) in [5.74, 6) is 0. The van der Waals surface area contributed by atoms with E-state index in [1.54, 1.807) is 6.26 Å². The number of hydrogen-bond acceptors (Lipinski definition) is 2. The van der Waals surface area contributed by atoms with Crippen molar-refractivity contribution in [2.45, 2.75) is 0 Å². The molecule has 13 heavy (non-hydrogen) atoms. The van der Waals surface area contributed by atoms with Crippen molar-refractivity contribution in [1.82, 2.24) is 4.98 Å². The molecule has 1 aromatic carbocycles. The van der Waals surface area contributed by atoms with Gasteiger partial charge in [-0.25, -0.2) is 0 Å². The van der Waals surface area contributed by atoms with Crippen LogP contribution in [0.2, 0.25) is 0 Å². The zero-order chi connectivity index (χ0) is 9.26. The second-order valence-corrected chi connectivity index (χ2v) is 3.55. The first kappa shape index (κ1) is 8.38. The van der Waals surface area contributed by atoms with Crippen LogP contribution in [0.3, 0.4) is 0 Å². The van der Waals surface area contributed by atoms with Gasteiger partial charge in [0.05, 0.1) is 0 Å². The third-order valence-electron chi connectivity index (χ3n) is 1.98. The Morgan fingerprint density at radius 1 is 1.38 bits per heavy atom. The Labute approximate surface area is 80.3 Å². The second-order valence-electron chi connectivity index (χ2n) is 2.77. The first-order valence-electron chi connectivity index (χ1n) is 3.97. The van der Waals surface area contributed by atoms with Gasteiger partial charge in [0.25, 0.3) is 0 Å². The van der Waals surface area contributed by atoms with E-state index >= 15 is 0 Å². The van der Waals surface area contributed by atoms with Crippen LogP contribution in [0.5, 0.6) is 0 Å². The molecule has 0 spiro atoms. The third-order valence-corrected chi connectivity index (χ3v) is 2.58. The first-order chi connectivity index (χ1) is 6.31. The first-order valence-corrected chi connectivity index (χ1v) is 5.19. The van der Waals surface area contributed by atoms with Crippen LogP contribution < -0.4 is 0 Å². The standard InChI is InChI=1S/C10H9NOS/c1-13-10(12)8-3-2-7-4-5-11-9(7)6-8/h2-6,11H,1H3. The van der Waals surface area contributed by atoms with Crippen LogP contribution in [0.15, 0.2) is 30.5 Å². The fourth-order valence-corrected chi connectivity index (χ4v) is 1.66. The fraction of sp³-hybridized carbons (Fsp3) is 0.100. The van der Waals surface area contributed by atoms with Gasteiger partial charge in [0.2, 0.25) is 5.12 Å². The van der Waals surface area contributed by atoms with E-state index < -0.39 is 0 Å². The molecule has 1 aromatic heterocycles. The number of aromatic nitrogens is 1. The Morgan fingerprint density at radius 3 is 3.00 bits per heavy atom. The second kappa shape index (κ2) is 3.26. The van der Waals surface area contributed by atoms with Crippen molar-refractivity contribution >= 4 is 27.8 Å². The van der Waals surface area contributed by atoms with Gasteiger partial charge in [0.15, 0.2) is 0 Å². The lowest BCUT2D eigenvalue weighted by atomic mass is 10.2. The Bertz CT molecular complexity index is 447. The number of H-pyrrole nitrogens is 1. The van der Waals surface area contributed by atoms with Crippen molar-refractivity contribution in [3.63, 3.8) is 0 Å². The molecule has 1 N–H and O–H groups in total. The molecule has 2 aromatic rings. The summed E-state index contributed by atoms with van der Waals surface area (Å²) in [4.78, 5) is 14.4. The number of carbonyl (C=O) groups excluding carboxylic acids is 1. The van der Waals surface area contributed by atoms with Crippen molar-refractivity contribution in [2.24, 2.45) is 0 Å². The Morgan fingerprint density at radius 2 is 2.23 bits per heavy atom. The molecule has 0 atom stereocenters. The number of rotatable bonds is 1. The van der Waals surface area contributed by atoms with E-state index in [0.717, 1.165) is 16.5 Å². The van der Waals surface area contributed by atoms with Crippen molar-refractivity contribution in [3.8, 4) is 0 Å². The molecule has 0 saturated heterocycles. The summed E-state index contributed by atoms with van der Waals surface area (Å²) in [5, 5.41) is 1.24. The maximum Gasteiger partial charge on any atom is 0.219 e. The molecule has 0 bridgehead atoms. The topological polar surface area (TPSA) is 32.9 Å². The van der Waals surface area contributed by atoms with E-state index in [-0.39, 0.29) is 5.12 Å². The molecule has 2 rings (SSSR count). The summed E-state index contributed by atoms with van der Waals surface area (Å²) in [6.45, 7) is 0. The molecule has 0 aliphatic heterocycles. The maximum atomic E-state index is 11.3. The number of benzene rings is 1. The molecule has 66 valence electrons. The maximum absolute atomic E-state index is 11.3. The smallest absolute Gasteiger partial charge is 0.219 e. The molecule has 0 unspecified atom stereocenters. The summed E-state index contributed by atoms with van der Waals surface area (Å²) >= 11 is 1.24. The van der Waals surface area contributed by atoms with Gasteiger partial charge in [-0.3, -0.25) is 4.79 Å². The minimum atomic E-state index is 0.108. The Balaban J connectivity index is 2.54. The largest absolute Gasteiger partial charge is 0.361 e. The summed E-state index contributed by atoms with van der Waals surface area (Å²) in [6.07, 6.45) is 3.67. The zero-order valence-corrected chi connectivity index (χ0v) is 8.02. The number of carbonyl (C=O) groups is 1. The number of thioether (sulfide) groups is 1. The average molecular weight is 191 g/mol. The van der Waals surface area contributed by atoms with Crippen LogP contribution >= 0.6 is 11.8 Å². The molecule has 0 amide bonds. The Kier molecular flexibility index (Phi) is 2.10. The number of fused-ring (bicyclic) bond motifs is 1. The Hall–Kier alpha value is -1.22. The van der Waals surface area contributed by atoms with Gasteiger partial charge >= 0.3 is 0 Å². The van der Waals surface area contributed by atoms with Crippen LogP contribution in [0.1, 0.15) is 10.4 Å². The number of hydrogen-bond donors (Lipinski definition) is 1. The van der Waals surface area contributed by atoms with Gasteiger partial charge in [-0.2, -0.15) is 0 Å². The molecule has 0 aliphatic carbocycles. The van der Waals surface area contributed by atoms with E-state index in [1.807, 2.05) is 30.5 Å². The van der Waals surface area contributed by atoms with E-state index in [9.17, 15) is 4.79 Å². The molecule has 2 nitrogen and oxygen atoms in total. The molecule has 0 saturated carbocycles. The summed E-state index contributed by atoms with van der Waals surface area (Å²) < 4.78 is 0. The number of aromatic amines is 1. The lowest BCUT2D eigenvalue weighted by Crippen LogP contribution is -1.90. The van der Waals surface area contributed by atoms with Crippen molar-refractivity contribution in [1.29, 1.82) is 0 Å². The van der Waals surface area contributed by atoms with Crippen molar-refractivity contribution < 1.29 is 4.79 Å². The van der Waals surface area contributed by atoms with Crippen molar-refractivity contribution in [2.75, 3.05) is 6.26 Å². The van der Waals surface area contributed by atoms with Crippen LogP contribution in [-0.2, 0) is 0 Å². The minimum absolute atomic E-state index is 0.108. The normalized spacial score (nSPS) is 10.5. The van der Waals surface area contributed by atoms with Crippen molar-refractivity contribution in [3.05, 3.63) is 36.0 Å². The molecule has 0 fully saturated rings. The highest BCUT2D eigenvalue weighted by Gasteiger charge is 2.04. The predicted molar refractivity (Wildman–Crippen MR) is 56.1 cm³/mol. The van der Waals surface area contributed by atoms with E-state index in [2.05, 4.69) is 4.98 Å². The summed E-state index contributed by atoms with van der Waals surface area (Å²) in [6, 6.07) is 7.68. The molecule has 0 aliphatic rings. The highest BCUT2D eigenvalue weighted by molar-refractivity contribution is 8.13. The van der Waals surface area contributed by atoms with Crippen LogP contribution in [-0.4, -0.2) is 16.4 Å². The minimum Gasteiger partial charge on any atom is -0.361 e. The highest BCUT2D eigenvalue weighted by Crippen LogP contribution is 2.17. The lowest BCUT2D eigenvalue weighted by molar-refractivity contribution is 0.108. The molecular formula is C10H9NOS. The van der Waals surface area contributed by atoms with Crippen LogP contribution in [0.4, 0.5) is 0 Å². The monoisotopic (exact) mass is 191 g/mol. The molecule has 1 heterocycles. The SMILES string of the molecule is CSC(=O)c1ccc2cc[nH]c2c1. The third kappa shape index (κ3) is 1.47. The van der Waals surface area contributed by atoms with Crippen LogP contribution in [0, 0.1) is 0 Å². The number of nitrogens with one attached hydrogen (secondary N) is 1. The highest BCUT2D eigenvalue weighted by atomic mass is 32.2. The van der Waals surface area contributed by atoms with E-state index in [0.29, 0.717) is 0 Å². The predicted octanol–water partition coefficient (Wildman–Crippen LogP) is 2.67. The quantitative estimate of drug-likeness (QED) is 0.751. The molecule has 0 radical (unpaired) electrons. The van der Waals surface area contributed by atoms with Gasteiger partial charge in [0, 0.05) is 17.3 Å². The summed E-state index contributed by atoms with van der Waals surface area (Å²) in [7, 11) is 0. The summed E-state index contributed by atoms with van der Waals surface area (Å²) in [5.41, 5.74) is 1.77. The average Bonchev–Trinajstić information content (AvgIpc) is 2.63. The van der Waals surface area contributed by atoms with E-state index in [4.69, 9.17) is 0 Å². The molecule has 3 heteroatoms. The van der Waals surface area contributed by atoms with Gasteiger partial charge in [0.1, 0.15) is 0 Å². The van der Waals surface area contributed by atoms with E-state index in [1.165, 1.54) is 11.8 Å². The zero-order valence-electron chi connectivity index (χ0n) is 7.20. The fourth-order valence-electron chi connectivity index (χ4n) is 1.29. The van der Waals surface area contributed by atoms with Gasteiger partial charge < -0.3 is 4.98 Å². The van der Waals surface area contributed by atoms with Gasteiger partial charge in [-0.1, -0.05) is 17.8 Å². The lowest BCUT2D eigenvalue weighted by Gasteiger charge is -1.96. The van der Waals surface area contributed by atoms with Gasteiger partial charge in [-0.15, -0.1) is 0 Å². The molecular weight excluding hydrogens is 182 g/mol. The van der Waals surface area contributed by atoms with Gasteiger partial charge in [-0.05, 0) is 29.8 Å². The van der Waals surface area contributed by atoms with Crippen LogP contribution in [0.25, 0.3) is 10.9 Å².